The van der Waals surface area contributed by atoms with Crippen LogP contribution in [0.1, 0.15) is 36.8 Å². The largest absolute Gasteiger partial charge is 0.444 e. The molecule has 0 saturated heterocycles. The maximum atomic E-state index is 12.8. The summed E-state index contributed by atoms with van der Waals surface area (Å²) in [6.07, 6.45) is 0.980. The van der Waals surface area contributed by atoms with Crippen LogP contribution in [0, 0.1) is 0 Å². The van der Waals surface area contributed by atoms with Crippen molar-refractivity contribution in [2.24, 2.45) is 0 Å². The summed E-state index contributed by atoms with van der Waals surface area (Å²) >= 11 is 2.84. The first kappa shape index (κ1) is 28.1. The first-order valence-electron chi connectivity index (χ1n) is 11.6. The molecular weight excluding hydrogens is 512 g/mol. The van der Waals surface area contributed by atoms with Gasteiger partial charge in [-0.25, -0.2) is 9.59 Å². The molecule has 0 radical (unpaired) electrons. The van der Waals surface area contributed by atoms with Gasteiger partial charge in [0.1, 0.15) is 11.3 Å². The Morgan fingerprint density at radius 2 is 1.68 bits per heavy atom. The highest BCUT2D eigenvalue weighted by Gasteiger charge is 2.19. The van der Waals surface area contributed by atoms with Crippen LogP contribution in [-0.2, 0) is 11.3 Å². The summed E-state index contributed by atoms with van der Waals surface area (Å²) in [5.74, 6) is -0.420. The van der Waals surface area contributed by atoms with Crippen LogP contribution in [0.3, 0.4) is 0 Å². The van der Waals surface area contributed by atoms with Crippen molar-refractivity contribution in [3.63, 3.8) is 0 Å². The Morgan fingerprint density at radius 1 is 0.946 bits per heavy atom. The van der Waals surface area contributed by atoms with Crippen molar-refractivity contribution >= 4 is 57.8 Å². The minimum absolute atomic E-state index is 0.204. The summed E-state index contributed by atoms with van der Waals surface area (Å²) in [5.41, 5.74) is 2.01. The number of rotatable bonds is 9. The summed E-state index contributed by atoms with van der Waals surface area (Å²) in [6.45, 7) is 6.89. The third kappa shape index (κ3) is 9.16. The van der Waals surface area contributed by atoms with Crippen LogP contribution in [0.4, 0.5) is 26.7 Å². The van der Waals surface area contributed by atoms with Gasteiger partial charge in [0.15, 0.2) is 0 Å². The Bertz CT molecular complexity index is 1190. The van der Waals surface area contributed by atoms with E-state index in [1.165, 1.54) is 22.7 Å². The summed E-state index contributed by atoms with van der Waals surface area (Å²) in [7, 11) is 3.90. The number of hydrogen-bond acceptors (Lipinski definition) is 8. The molecule has 0 aliphatic rings. The highest BCUT2D eigenvalue weighted by Crippen LogP contribution is 2.27. The molecule has 3 aromatic heterocycles. The van der Waals surface area contributed by atoms with Crippen LogP contribution in [0.5, 0.6) is 0 Å². The van der Waals surface area contributed by atoms with Crippen molar-refractivity contribution in [2.45, 2.75) is 32.9 Å². The van der Waals surface area contributed by atoms with Gasteiger partial charge < -0.3 is 25.2 Å². The lowest BCUT2D eigenvalue weighted by Crippen LogP contribution is -2.39. The SMILES string of the molecule is CN(C)CCN(Cc1ccc(C(=O)Nc2cscc2NC(=O)OC(C)(C)C)nc1)C(=O)Nc1ccsc1. The normalized spacial score (nSPS) is 11.2. The second-order valence-corrected chi connectivity index (χ2v) is 11.0. The van der Waals surface area contributed by atoms with E-state index in [2.05, 4.69) is 20.9 Å². The highest BCUT2D eigenvalue weighted by atomic mass is 32.1. The molecule has 198 valence electrons. The number of amides is 4. The molecule has 0 unspecified atom stereocenters. The molecule has 0 aliphatic carbocycles. The minimum Gasteiger partial charge on any atom is -0.444 e. The van der Waals surface area contributed by atoms with Crippen LogP contribution < -0.4 is 16.0 Å². The number of thiophene rings is 2. The Labute approximate surface area is 224 Å². The lowest BCUT2D eigenvalue weighted by molar-refractivity contribution is 0.0635. The van der Waals surface area contributed by atoms with Crippen LogP contribution in [0.15, 0.2) is 45.9 Å². The van der Waals surface area contributed by atoms with Crippen LogP contribution in [0.25, 0.3) is 0 Å². The van der Waals surface area contributed by atoms with Gasteiger partial charge in [0.05, 0.1) is 17.1 Å². The molecule has 3 N–H and O–H groups in total. The predicted molar refractivity (Wildman–Crippen MR) is 149 cm³/mol. The number of carbonyl (C=O) groups excluding carboxylic acids is 3. The predicted octanol–water partition coefficient (Wildman–Crippen LogP) is 5.40. The lowest BCUT2D eigenvalue weighted by atomic mass is 10.2. The van der Waals surface area contributed by atoms with Crippen molar-refractivity contribution in [2.75, 3.05) is 43.1 Å². The molecule has 0 spiro atoms. The highest BCUT2D eigenvalue weighted by molar-refractivity contribution is 7.09. The fourth-order valence-electron chi connectivity index (χ4n) is 3.07. The number of ether oxygens (including phenoxy) is 1. The zero-order chi connectivity index (χ0) is 27.0. The molecule has 3 rings (SSSR count). The first-order chi connectivity index (χ1) is 17.5. The zero-order valence-electron chi connectivity index (χ0n) is 21.5. The molecule has 0 bridgehead atoms. The molecular formula is C25H32N6O4S2. The van der Waals surface area contributed by atoms with E-state index in [0.29, 0.717) is 31.0 Å². The maximum absolute atomic E-state index is 12.8. The van der Waals surface area contributed by atoms with Gasteiger partial charge in [-0.3, -0.25) is 15.1 Å². The van der Waals surface area contributed by atoms with Gasteiger partial charge in [0.25, 0.3) is 5.91 Å². The molecule has 0 atom stereocenters. The Morgan fingerprint density at radius 3 is 2.27 bits per heavy atom. The lowest BCUT2D eigenvalue weighted by Gasteiger charge is -2.24. The molecule has 12 heteroatoms. The summed E-state index contributed by atoms with van der Waals surface area (Å²) in [5, 5.41) is 15.5. The zero-order valence-corrected chi connectivity index (χ0v) is 23.2. The third-order valence-electron chi connectivity index (χ3n) is 4.85. The Balaban J connectivity index is 1.62. The van der Waals surface area contributed by atoms with E-state index < -0.39 is 17.6 Å². The van der Waals surface area contributed by atoms with Gasteiger partial charge in [0.2, 0.25) is 0 Å². The number of pyridine rings is 1. The van der Waals surface area contributed by atoms with Crippen molar-refractivity contribution in [3.05, 3.63) is 57.2 Å². The van der Waals surface area contributed by atoms with Crippen LogP contribution in [0.2, 0.25) is 0 Å². The summed E-state index contributed by atoms with van der Waals surface area (Å²) < 4.78 is 5.27. The molecule has 3 aromatic rings. The molecule has 0 fully saturated rings. The number of hydrogen-bond donors (Lipinski definition) is 3. The fraction of sp³-hybridized carbons (Fsp3) is 0.360. The topological polar surface area (TPSA) is 116 Å². The van der Waals surface area contributed by atoms with Crippen molar-refractivity contribution in [1.82, 2.24) is 14.8 Å². The fourth-order valence-corrected chi connectivity index (χ4v) is 4.37. The monoisotopic (exact) mass is 544 g/mol. The molecule has 3 heterocycles. The second-order valence-electron chi connectivity index (χ2n) is 9.50. The molecule has 10 nitrogen and oxygen atoms in total. The Hall–Kier alpha value is -3.48. The number of carbonyl (C=O) groups is 3. The number of anilines is 3. The van der Waals surface area contributed by atoms with E-state index >= 15 is 0 Å². The van der Waals surface area contributed by atoms with Crippen LogP contribution >= 0.6 is 22.7 Å². The molecule has 0 aliphatic heterocycles. The number of nitrogens with zero attached hydrogens (tertiary/aromatic N) is 3. The second kappa shape index (κ2) is 12.7. The number of urea groups is 1. The van der Waals surface area contributed by atoms with Crippen molar-refractivity contribution < 1.29 is 19.1 Å². The van der Waals surface area contributed by atoms with E-state index in [0.717, 1.165) is 11.3 Å². The molecule has 0 aromatic carbocycles. The van der Waals surface area contributed by atoms with Gasteiger partial charge >= 0.3 is 12.1 Å². The van der Waals surface area contributed by atoms with Crippen molar-refractivity contribution in [3.8, 4) is 0 Å². The average molecular weight is 545 g/mol. The number of likely N-dealkylation sites (N-methyl/N-ethyl adjacent to an activating group) is 1. The average Bonchev–Trinajstić information content (AvgIpc) is 3.47. The van der Waals surface area contributed by atoms with E-state index in [1.807, 2.05) is 35.8 Å². The maximum Gasteiger partial charge on any atom is 0.412 e. The van der Waals surface area contributed by atoms with Gasteiger partial charge in [0, 0.05) is 42.0 Å². The smallest absolute Gasteiger partial charge is 0.412 e. The minimum atomic E-state index is -0.637. The summed E-state index contributed by atoms with van der Waals surface area (Å²) in [6, 6.07) is 5.03. The third-order valence-corrected chi connectivity index (χ3v) is 6.28. The first-order valence-corrected chi connectivity index (χ1v) is 13.4. The number of nitrogens with one attached hydrogen (secondary N) is 3. The van der Waals surface area contributed by atoms with Gasteiger partial charge in [-0.05, 0) is 57.9 Å². The van der Waals surface area contributed by atoms with Gasteiger partial charge in [-0.2, -0.15) is 11.3 Å². The van der Waals surface area contributed by atoms with Gasteiger partial charge in [-0.1, -0.05) is 6.07 Å². The Kier molecular flexibility index (Phi) is 9.61. The van der Waals surface area contributed by atoms with E-state index in [1.54, 1.807) is 54.8 Å². The van der Waals surface area contributed by atoms with Gasteiger partial charge in [-0.15, -0.1) is 11.3 Å². The number of aromatic nitrogens is 1. The van der Waals surface area contributed by atoms with E-state index in [4.69, 9.17) is 4.74 Å². The molecule has 37 heavy (non-hydrogen) atoms. The van der Waals surface area contributed by atoms with E-state index in [-0.39, 0.29) is 11.7 Å². The molecule has 0 saturated carbocycles. The van der Waals surface area contributed by atoms with Crippen LogP contribution in [-0.4, -0.2) is 65.6 Å². The van der Waals surface area contributed by atoms with E-state index in [9.17, 15) is 14.4 Å². The standard InChI is InChI=1S/C25H32N6O4S2/c1-25(2,3)35-24(34)29-21-16-37-15-20(21)28-22(32)19-7-6-17(12-26-19)13-31(10-9-30(4)5)23(33)27-18-8-11-36-14-18/h6-8,11-12,14-16H,9-10,13H2,1-5H3,(H,27,33)(H,28,32)(H,29,34). The van der Waals surface area contributed by atoms with Crippen molar-refractivity contribution in [1.29, 1.82) is 0 Å². The molecule has 4 amide bonds. The summed E-state index contributed by atoms with van der Waals surface area (Å²) in [4.78, 5) is 45.7. The quantitative estimate of drug-likeness (QED) is 0.332.